The third-order valence-electron chi connectivity index (χ3n) is 3.53. The standard InChI is InChI=1S/C16H12F4N2/c1-10-15(12-4-2-11(9-17)3-5-12)14-8-13(16(18,19)20)6-7-22(14)21-10/h2-8H,9H2,1H3. The van der Waals surface area contributed by atoms with Crippen LogP contribution in [0.4, 0.5) is 17.6 Å². The summed E-state index contributed by atoms with van der Waals surface area (Å²) in [5.41, 5.74) is 2.13. The molecule has 3 aromatic rings. The van der Waals surface area contributed by atoms with E-state index >= 15 is 0 Å². The lowest BCUT2D eigenvalue weighted by atomic mass is 10.0. The highest BCUT2D eigenvalue weighted by Gasteiger charge is 2.31. The molecule has 0 aliphatic carbocycles. The summed E-state index contributed by atoms with van der Waals surface area (Å²) in [7, 11) is 0. The molecule has 2 nitrogen and oxygen atoms in total. The van der Waals surface area contributed by atoms with Crippen LogP contribution < -0.4 is 0 Å². The summed E-state index contributed by atoms with van der Waals surface area (Å²) in [4.78, 5) is 0. The van der Waals surface area contributed by atoms with Crippen LogP contribution in [0.25, 0.3) is 16.6 Å². The normalized spacial score (nSPS) is 12.0. The smallest absolute Gasteiger partial charge is 0.246 e. The van der Waals surface area contributed by atoms with Crippen LogP contribution in [0.3, 0.4) is 0 Å². The van der Waals surface area contributed by atoms with Crippen LogP contribution >= 0.6 is 0 Å². The molecule has 0 spiro atoms. The minimum atomic E-state index is -4.41. The maximum absolute atomic E-state index is 12.9. The fourth-order valence-corrected chi connectivity index (χ4v) is 2.46. The SMILES string of the molecule is Cc1nn2ccc(C(F)(F)F)cc2c1-c1ccc(CF)cc1. The first-order valence-electron chi connectivity index (χ1n) is 6.61. The van der Waals surface area contributed by atoms with Gasteiger partial charge in [-0.25, -0.2) is 8.91 Å². The second kappa shape index (κ2) is 5.12. The van der Waals surface area contributed by atoms with Crippen molar-refractivity contribution >= 4 is 5.52 Å². The number of alkyl halides is 4. The van der Waals surface area contributed by atoms with Crippen molar-refractivity contribution in [2.45, 2.75) is 19.8 Å². The monoisotopic (exact) mass is 308 g/mol. The van der Waals surface area contributed by atoms with Crippen LogP contribution in [0.15, 0.2) is 42.6 Å². The van der Waals surface area contributed by atoms with Crippen molar-refractivity contribution < 1.29 is 17.6 Å². The lowest BCUT2D eigenvalue weighted by Gasteiger charge is -2.07. The quantitative estimate of drug-likeness (QED) is 0.622. The minimum Gasteiger partial charge on any atom is -0.246 e. The van der Waals surface area contributed by atoms with Crippen molar-refractivity contribution in [3.8, 4) is 11.1 Å². The van der Waals surface area contributed by atoms with Gasteiger partial charge in [0.15, 0.2) is 0 Å². The van der Waals surface area contributed by atoms with Crippen molar-refractivity contribution in [2.75, 3.05) is 0 Å². The highest BCUT2D eigenvalue weighted by molar-refractivity contribution is 5.82. The second-order valence-corrected chi connectivity index (χ2v) is 5.03. The largest absolute Gasteiger partial charge is 0.416 e. The van der Waals surface area contributed by atoms with Crippen LogP contribution in [0.5, 0.6) is 0 Å². The van der Waals surface area contributed by atoms with Gasteiger partial charge in [-0.2, -0.15) is 18.3 Å². The number of pyridine rings is 1. The fraction of sp³-hybridized carbons (Fsp3) is 0.188. The van der Waals surface area contributed by atoms with Crippen molar-refractivity contribution in [1.82, 2.24) is 9.61 Å². The number of aromatic nitrogens is 2. The van der Waals surface area contributed by atoms with Gasteiger partial charge in [-0.15, -0.1) is 0 Å². The number of nitrogens with zero attached hydrogens (tertiary/aromatic N) is 2. The Morgan fingerprint density at radius 2 is 1.77 bits per heavy atom. The molecule has 0 amide bonds. The summed E-state index contributed by atoms with van der Waals surface area (Å²) in [6.45, 7) is 1.16. The van der Waals surface area contributed by atoms with E-state index in [-0.39, 0.29) is 0 Å². The van der Waals surface area contributed by atoms with E-state index < -0.39 is 18.4 Å². The van der Waals surface area contributed by atoms with Gasteiger partial charge in [0.1, 0.15) is 6.67 Å². The molecule has 1 aromatic carbocycles. The number of fused-ring (bicyclic) bond motifs is 1. The molecule has 0 unspecified atom stereocenters. The number of benzene rings is 1. The summed E-state index contributed by atoms with van der Waals surface area (Å²) >= 11 is 0. The lowest BCUT2D eigenvalue weighted by molar-refractivity contribution is -0.137. The summed E-state index contributed by atoms with van der Waals surface area (Å²) in [6, 6.07) is 8.70. The van der Waals surface area contributed by atoms with Crippen LogP contribution in [0, 0.1) is 6.92 Å². The van der Waals surface area contributed by atoms with Gasteiger partial charge in [0, 0.05) is 11.8 Å². The van der Waals surface area contributed by atoms with Crippen LogP contribution in [0.1, 0.15) is 16.8 Å². The van der Waals surface area contributed by atoms with Crippen LogP contribution in [-0.4, -0.2) is 9.61 Å². The number of rotatable bonds is 2. The zero-order valence-electron chi connectivity index (χ0n) is 11.7. The van der Waals surface area contributed by atoms with E-state index in [1.54, 1.807) is 31.2 Å². The zero-order valence-corrected chi connectivity index (χ0v) is 11.7. The van der Waals surface area contributed by atoms with Crippen molar-refractivity contribution in [3.05, 3.63) is 59.4 Å². The average Bonchev–Trinajstić information content (AvgIpc) is 2.81. The predicted molar refractivity (Wildman–Crippen MR) is 75.2 cm³/mol. The molecule has 3 rings (SSSR count). The van der Waals surface area contributed by atoms with E-state index in [1.165, 1.54) is 10.7 Å². The zero-order chi connectivity index (χ0) is 15.9. The molecule has 0 N–H and O–H groups in total. The molecule has 0 saturated carbocycles. The molecular weight excluding hydrogens is 296 g/mol. The van der Waals surface area contributed by atoms with Crippen LogP contribution in [0.2, 0.25) is 0 Å². The van der Waals surface area contributed by atoms with Gasteiger partial charge in [-0.1, -0.05) is 24.3 Å². The van der Waals surface area contributed by atoms with E-state index in [2.05, 4.69) is 5.10 Å². The topological polar surface area (TPSA) is 17.3 Å². The highest BCUT2D eigenvalue weighted by Crippen LogP contribution is 2.34. The average molecular weight is 308 g/mol. The third kappa shape index (κ3) is 2.45. The molecule has 0 aliphatic rings. The van der Waals surface area contributed by atoms with Gasteiger partial charge in [0.05, 0.1) is 16.8 Å². The van der Waals surface area contributed by atoms with E-state index in [9.17, 15) is 17.6 Å². The van der Waals surface area contributed by atoms with Gasteiger partial charge < -0.3 is 0 Å². The Balaban J connectivity index is 2.20. The van der Waals surface area contributed by atoms with Crippen molar-refractivity contribution in [2.24, 2.45) is 0 Å². The maximum Gasteiger partial charge on any atom is 0.416 e. The van der Waals surface area contributed by atoms with Crippen LogP contribution in [-0.2, 0) is 12.9 Å². The molecule has 0 fully saturated rings. The lowest BCUT2D eigenvalue weighted by Crippen LogP contribution is -2.05. The van der Waals surface area contributed by atoms with Gasteiger partial charge in [-0.05, 0) is 30.2 Å². The van der Waals surface area contributed by atoms with E-state index in [0.29, 0.717) is 27.9 Å². The molecule has 2 aromatic heterocycles. The minimum absolute atomic E-state index is 0.375. The van der Waals surface area contributed by atoms with Crippen molar-refractivity contribution in [3.63, 3.8) is 0 Å². The molecule has 0 radical (unpaired) electrons. The molecule has 22 heavy (non-hydrogen) atoms. The second-order valence-electron chi connectivity index (χ2n) is 5.03. The summed E-state index contributed by atoms with van der Waals surface area (Å²) < 4.78 is 52.6. The number of hydrogen-bond acceptors (Lipinski definition) is 1. The molecule has 2 heterocycles. The first kappa shape index (κ1) is 14.6. The maximum atomic E-state index is 12.9. The Morgan fingerprint density at radius 3 is 2.36 bits per heavy atom. The van der Waals surface area contributed by atoms with E-state index in [1.807, 2.05) is 0 Å². The summed E-state index contributed by atoms with van der Waals surface area (Å²) in [5.74, 6) is 0. The summed E-state index contributed by atoms with van der Waals surface area (Å²) in [5, 5.41) is 4.23. The molecule has 0 bridgehead atoms. The highest BCUT2D eigenvalue weighted by atomic mass is 19.4. The molecule has 0 aliphatic heterocycles. The molecular formula is C16H12F4N2. The van der Waals surface area contributed by atoms with E-state index in [0.717, 1.165) is 12.1 Å². The van der Waals surface area contributed by atoms with Gasteiger partial charge in [0.25, 0.3) is 0 Å². The Hall–Kier alpha value is -2.37. The first-order chi connectivity index (χ1) is 10.4. The Labute approximate surface area is 124 Å². The van der Waals surface area contributed by atoms with E-state index in [4.69, 9.17) is 0 Å². The molecule has 0 saturated heterocycles. The molecule has 114 valence electrons. The summed E-state index contributed by atoms with van der Waals surface area (Å²) in [6.07, 6.45) is -3.11. The Morgan fingerprint density at radius 1 is 1.09 bits per heavy atom. The van der Waals surface area contributed by atoms with Crippen molar-refractivity contribution in [1.29, 1.82) is 0 Å². The molecule has 6 heteroatoms. The number of hydrogen-bond donors (Lipinski definition) is 0. The number of halogens is 4. The van der Waals surface area contributed by atoms with Gasteiger partial charge >= 0.3 is 6.18 Å². The first-order valence-corrected chi connectivity index (χ1v) is 6.61. The Kier molecular flexibility index (Phi) is 3.39. The fourth-order valence-electron chi connectivity index (χ4n) is 2.46. The molecule has 0 atom stereocenters. The third-order valence-corrected chi connectivity index (χ3v) is 3.53. The van der Waals surface area contributed by atoms with Gasteiger partial charge in [-0.3, -0.25) is 0 Å². The number of aryl methyl sites for hydroxylation is 1. The predicted octanol–water partition coefficient (Wildman–Crippen LogP) is 4.80. The Bertz CT molecular complexity index is 817. The van der Waals surface area contributed by atoms with Gasteiger partial charge in [0.2, 0.25) is 0 Å².